The Kier molecular flexibility index (Phi) is 4.78. The molecule has 2 aromatic rings. The van der Waals surface area contributed by atoms with Gasteiger partial charge in [-0.1, -0.05) is 23.7 Å². The van der Waals surface area contributed by atoms with E-state index >= 15 is 0 Å². The van der Waals surface area contributed by atoms with Gasteiger partial charge in [0.05, 0.1) is 10.9 Å². The Balaban J connectivity index is 1.41. The van der Waals surface area contributed by atoms with Crippen LogP contribution in [0.3, 0.4) is 0 Å². The molecule has 1 N–H and O–H groups in total. The molecule has 5 rings (SSSR count). The summed E-state index contributed by atoms with van der Waals surface area (Å²) in [5.74, 6) is -2.32. The van der Waals surface area contributed by atoms with Crippen molar-refractivity contribution < 1.29 is 19.1 Å². The highest BCUT2D eigenvalue weighted by Crippen LogP contribution is 2.37. The molecule has 2 unspecified atom stereocenters. The monoisotopic (exact) mass is 447 g/mol. The number of piperazine rings is 1. The summed E-state index contributed by atoms with van der Waals surface area (Å²) in [6, 6.07) is 4.98. The molecule has 3 aliphatic rings. The first-order valence-electron chi connectivity index (χ1n) is 9.85. The molecule has 6 nitrogen and oxygen atoms in total. The highest BCUT2D eigenvalue weighted by molar-refractivity contribution is 7.11. The number of carbonyl (C=O) groups is 2. The predicted octanol–water partition coefficient (Wildman–Crippen LogP) is 3.27. The molecular weight excluding hydrogens is 429 g/mol. The maximum absolute atomic E-state index is 14.2. The van der Waals surface area contributed by atoms with Crippen LogP contribution in [0.1, 0.15) is 34.2 Å². The number of hydrogen-bond donors (Lipinski definition) is 1. The third-order valence-electron chi connectivity index (χ3n) is 6.03. The van der Waals surface area contributed by atoms with E-state index in [1.54, 1.807) is 23.2 Å². The number of carbonyl (C=O) groups excluding carboxylic acids is 2. The van der Waals surface area contributed by atoms with Crippen molar-refractivity contribution >= 4 is 34.6 Å². The second-order valence-electron chi connectivity index (χ2n) is 7.87. The fourth-order valence-electron chi connectivity index (χ4n) is 4.54. The molecule has 2 saturated heterocycles. The number of rotatable bonds is 3. The second-order valence-corrected chi connectivity index (χ2v) is 9.42. The summed E-state index contributed by atoms with van der Waals surface area (Å²) in [5, 5.41) is 11.2. The van der Waals surface area contributed by atoms with Crippen LogP contribution in [0.15, 0.2) is 35.9 Å². The lowest BCUT2D eigenvalue weighted by atomic mass is 9.94. The van der Waals surface area contributed by atoms with Crippen molar-refractivity contribution in [3.8, 4) is 0 Å². The van der Waals surface area contributed by atoms with Crippen LogP contribution in [-0.4, -0.2) is 57.3 Å². The number of allylic oxidation sites excluding steroid dienone is 1. The first-order valence-corrected chi connectivity index (χ1v) is 11.0. The lowest BCUT2D eigenvalue weighted by Gasteiger charge is -2.43. The molecule has 4 heterocycles. The minimum absolute atomic E-state index is 0.0676. The van der Waals surface area contributed by atoms with Gasteiger partial charge in [0, 0.05) is 43.2 Å². The Hall–Kier alpha value is -2.45. The highest BCUT2D eigenvalue weighted by atomic mass is 35.5. The summed E-state index contributed by atoms with van der Waals surface area (Å²) in [6.45, 7) is 1.59. The predicted molar refractivity (Wildman–Crippen MR) is 110 cm³/mol. The van der Waals surface area contributed by atoms with Crippen molar-refractivity contribution in [2.75, 3.05) is 19.6 Å². The van der Waals surface area contributed by atoms with Crippen LogP contribution in [0.2, 0.25) is 5.02 Å². The van der Waals surface area contributed by atoms with Crippen LogP contribution < -0.4 is 0 Å². The number of fused-ring (bicyclic) bond motifs is 2. The largest absolute Gasteiger partial charge is 0.503 e. The third-order valence-corrected chi connectivity index (χ3v) is 7.43. The number of aliphatic hydroxyl groups is 1. The fraction of sp³-hybridized carbons (Fsp3) is 0.381. The van der Waals surface area contributed by atoms with Gasteiger partial charge in [-0.15, -0.1) is 11.3 Å². The molecule has 3 aliphatic heterocycles. The summed E-state index contributed by atoms with van der Waals surface area (Å²) in [6.07, 6.45) is 3.81. The molecule has 0 spiro atoms. The molecule has 0 saturated carbocycles. The Bertz CT molecular complexity index is 1090. The first kappa shape index (κ1) is 19.5. The van der Waals surface area contributed by atoms with E-state index in [2.05, 4.69) is 4.98 Å². The average Bonchev–Trinajstić information content (AvgIpc) is 3.38. The fourth-order valence-corrected chi connectivity index (χ4v) is 5.77. The molecule has 1 aromatic heterocycles. The third kappa shape index (κ3) is 3.09. The van der Waals surface area contributed by atoms with E-state index in [9.17, 15) is 19.1 Å². The summed E-state index contributed by atoms with van der Waals surface area (Å²) < 4.78 is 14.2. The van der Waals surface area contributed by atoms with Gasteiger partial charge in [0.2, 0.25) is 5.78 Å². The molecule has 0 bridgehead atoms. The number of thiazole rings is 1. The number of nitrogens with zero attached hydrogens (tertiary/aromatic N) is 3. The van der Waals surface area contributed by atoms with Crippen molar-refractivity contribution in [1.82, 2.24) is 14.8 Å². The smallest absolute Gasteiger partial charge is 0.274 e. The number of Topliss-reactive ketones (excluding diaryl/α,β-unsaturated/α-hetero) is 1. The number of hydrogen-bond acceptors (Lipinski definition) is 6. The van der Waals surface area contributed by atoms with Gasteiger partial charge in [-0.25, -0.2) is 9.37 Å². The minimum atomic E-state index is -0.641. The minimum Gasteiger partial charge on any atom is -0.503 e. The van der Waals surface area contributed by atoms with Gasteiger partial charge in [-0.2, -0.15) is 0 Å². The number of aromatic nitrogens is 1. The van der Waals surface area contributed by atoms with E-state index in [4.69, 9.17) is 11.6 Å². The van der Waals surface area contributed by atoms with Crippen LogP contribution in [0, 0.1) is 5.82 Å². The summed E-state index contributed by atoms with van der Waals surface area (Å²) in [7, 11) is 0. The van der Waals surface area contributed by atoms with Gasteiger partial charge in [-0.05, 0) is 24.5 Å². The van der Waals surface area contributed by atoms with Gasteiger partial charge < -0.3 is 14.9 Å². The Labute approximate surface area is 181 Å². The normalized spacial score (nSPS) is 23.8. The van der Waals surface area contributed by atoms with Gasteiger partial charge in [0.1, 0.15) is 16.5 Å². The zero-order valence-corrected chi connectivity index (χ0v) is 17.5. The molecule has 156 valence electrons. The van der Waals surface area contributed by atoms with Crippen LogP contribution in [-0.2, 0) is 16.0 Å². The van der Waals surface area contributed by atoms with Crippen molar-refractivity contribution in [3.63, 3.8) is 0 Å². The lowest BCUT2D eigenvalue weighted by Crippen LogP contribution is -2.56. The summed E-state index contributed by atoms with van der Waals surface area (Å²) >= 11 is 7.17. The topological polar surface area (TPSA) is 73.7 Å². The van der Waals surface area contributed by atoms with Crippen molar-refractivity contribution in [3.05, 3.63) is 62.1 Å². The van der Waals surface area contributed by atoms with Crippen molar-refractivity contribution in [2.24, 2.45) is 0 Å². The Morgan fingerprint density at radius 2 is 2.13 bits per heavy atom. The maximum Gasteiger partial charge on any atom is 0.274 e. The van der Waals surface area contributed by atoms with Gasteiger partial charge in [-0.3, -0.25) is 9.59 Å². The average molecular weight is 448 g/mol. The number of ketones is 1. The van der Waals surface area contributed by atoms with Crippen LogP contribution in [0.25, 0.3) is 0 Å². The zero-order valence-electron chi connectivity index (χ0n) is 16.0. The number of aliphatic hydroxyl groups excluding tert-OH is 1. The number of amides is 1. The standard InChI is InChI=1S/C21H19ClFN3O3S/c22-15-5-1-3-11(16(15)23)7-13-8-24-20(30-13)14-10-25-9-12-4-2-6-26(12)21(29)17(25)19(28)18(14)27/h1,3,5,8,12,14,28H,2,4,6-7,9-10H2. The summed E-state index contributed by atoms with van der Waals surface area (Å²) in [4.78, 5) is 34.4. The Morgan fingerprint density at radius 1 is 1.30 bits per heavy atom. The molecule has 2 fully saturated rings. The molecule has 1 amide bonds. The van der Waals surface area contributed by atoms with E-state index in [1.807, 2.05) is 4.90 Å². The van der Waals surface area contributed by atoms with Crippen LogP contribution in [0.4, 0.5) is 4.39 Å². The van der Waals surface area contributed by atoms with Crippen LogP contribution in [0.5, 0.6) is 0 Å². The number of benzene rings is 1. The molecule has 30 heavy (non-hydrogen) atoms. The van der Waals surface area contributed by atoms with Crippen molar-refractivity contribution in [2.45, 2.75) is 31.2 Å². The van der Waals surface area contributed by atoms with E-state index < -0.39 is 23.3 Å². The molecule has 0 aliphatic carbocycles. The van der Waals surface area contributed by atoms with E-state index in [-0.39, 0.29) is 22.7 Å². The molecular formula is C21H19ClFN3O3S. The van der Waals surface area contributed by atoms with Gasteiger partial charge in [0.15, 0.2) is 5.76 Å². The molecule has 0 radical (unpaired) electrons. The Morgan fingerprint density at radius 3 is 2.97 bits per heavy atom. The molecule has 1 aromatic carbocycles. The van der Waals surface area contributed by atoms with E-state index in [0.717, 1.165) is 17.7 Å². The quantitative estimate of drug-likeness (QED) is 0.781. The second kappa shape index (κ2) is 7.35. The molecule has 2 atom stereocenters. The van der Waals surface area contributed by atoms with Gasteiger partial charge >= 0.3 is 0 Å². The first-order chi connectivity index (χ1) is 14.4. The van der Waals surface area contributed by atoms with E-state index in [1.165, 1.54) is 17.4 Å². The zero-order chi connectivity index (χ0) is 21.0. The maximum atomic E-state index is 14.2. The molecule has 9 heteroatoms. The van der Waals surface area contributed by atoms with Gasteiger partial charge in [0.25, 0.3) is 5.91 Å². The number of halogens is 2. The lowest BCUT2D eigenvalue weighted by molar-refractivity contribution is -0.136. The highest BCUT2D eigenvalue weighted by Gasteiger charge is 2.46. The van der Waals surface area contributed by atoms with Crippen molar-refractivity contribution in [1.29, 1.82) is 0 Å². The van der Waals surface area contributed by atoms with Crippen LogP contribution >= 0.6 is 22.9 Å². The SMILES string of the molecule is O=C1C(O)=C2C(=O)N3CCCC3CN2CC1c1ncc(Cc2cccc(Cl)c2F)s1. The van der Waals surface area contributed by atoms with E-state index in [0.29, 0.717) is 36.6 Å². The summed E-state index contributed by atoms with van der Waals surface area (Å²) in [5.41, 5.74) is 0.577.